The highest BCUT2D eigenvalue weighted by Crippen LogP contribution is 2.20. The molecule has 0 heterocycles. The highest BCUT2D eigenvalue weighted by molar-refractivity contribution is 6.40. The molecule has 0 saturated carbocycles. The largest absolute Gasteiger partial charge is 0.326 e. The minimum Gasteiger partial charge on any atom is -0.326 e. The molecule has 4 N–H and O–H groups in total. The third-order valence-electron chi connectivity index (χ3n) is 2.58. The monoisotopic (exact) mass is 203 g/mol. The SMILES string of the molecule is CC(=N)C(=N)C(C)c1ccccc1CN. The van der Waals surface area contributed by atoms with Gasteiger partial charge in [0.05, 0.1) is 5.71 Å². The van der Waals surface area contributed by atoms with Crippen LogP contribution in [0, 0.1) is 10.8 Å². The fourth-order valence-corrected chi connectivity index (χ4v) is 1.62. The molecule has 0 saturated heterocycles. The second-order valence-electron chi connectivity index (χ2n) is 3.66. The molecule has 0 bridgehead atoms. The molecule has 1 rings (SSSR count). The fourth-order valence-electron chi connectivity index (χ4n) is 1.62. The van der Waals surface area contributed by atoms with Gasteiger partial charge in [-0.1, -0.05) is 31.2 Å². The van der Waals surface area contributed by atoms with Crippen LogP contribution in [0.3, 0.4) is 0 Å². The van der Waals surface area contributed by atoms with Gasteiger partial charge in [0.25, 0.3) is 0 Å². The predicted molar refractivity (Wildman–Crippen MR) is 63.9 cm³/mol. The Hall–Kier alpha value is -1.48. The van der Waals surface area contributed by atoms with Crippen LogP contribution in [0.15, 0.2) is 24.3 Å². The maximum Gasteiger partial charge on any atom is 0.0590 e. The summed E-state index contributed by atoms with van der Waals surface area (Å²) in [5.74, 6) is -0.0535. The first-order chi connectivity index (χ1) is 7.07. The summed E-state index contributed by atoms with van der Waals surface area (Å²) in [7, 11) is 0. The van der Waals surface area contributed by atoms with Gasteiger partial charge in [0.15, 0.2) is 0 Å². The Morgan fingerprint density at radius 1 is 1.33 bits per heavy atom. The van der Waals surface area contributed by atoms with E-state index in [9.17, 15) is 0 Å². The van der Waals surface area contributed by atoms with Gasteiger partial charge in [-0.3, -0.25) is 0 Å². The first kappa shape index (κ1) is 11.6. The van der Waals surface area contributed by atoms with Crippen molar-refractivity contribution in [3.63, 3.8) is 0 Å². The lowest BCUT2D eigenvalue weighted by molar-refractivity contribution is 0.951. The van der Waals surface area contributed by atoms with Gasteiger partial charge in [0.1, 0.15) is 0 Å². The van der Waals surface area contributed by atoms with E-state index in [1.165, 1.54) is 0 Å². The Kier molecular flexibility index (Phi) is 3.74. The van der Waals surface area contributed by atoms with E-state index in [1.54, 1.807) is 6.92 Å². The number of nitrogens with one attached hydrogen (secondary N) is 2. The lowest BCUT2D eigenvalue weighted by Gasteiger charge is -2.16. The normalized spacial score (nSPS) is 12.2. The van der Waals surface area contributed by atoms with Crippen molar-refractivity contribution in [2.75, 3.05) is 0 Å². The number of hydrogen-bond donors (Lipinski definition) is 3. The van der Waals surface area contributed by atoms with E-state index in [-0.39, 0.29) is 5.92 Å². The molecule has 1 unspecified atom stereocenters. The molecule has 0 aliphatic rings. The average Bonchev–Trinajstić information content (AvgIpc) is 2.26. The van der Waals surface area contributed by atoms with E-state index in [2.05, 4.69) is 0 Å². The summed E-state index contributed by atoms with van der Waals surface area (Å²) >= 11 is 0. The van der Waals surface area contributed by atoms with E-state index in [4.69, 9.17) is 16.6 Å². The molecule has 0 aliphatic heterocycles. The van der Waals surface area contributed by atoms with Crippen molar-refractivity contribution in [3.05, 3.63) is 35.4 Å². The second kappa shape index (κ2) is 4.84. The molecule has 1 atom stereocenters. The minimum atomic E-state index is -0.0535. The maximum atomic E-state index is 7.79. The summed E-state index contributed by atoms with van der Waals surface area (Å²) in [5, 5.41) is 15.2. The Morgan fingerprint density at radius 3 is 2.47 bits per heavy atom. The Morgan fingerprint density at radius 2 is 1.93 bits per heavy atom. The highest BCUT2D eigenvalue weighted by atomic mass is 14.5. The van der Waals surface area contributed by atoms with Gasteiger partial charge < -0.3 is 16.6 Å². The van der Waals surface area contributed by atoms with Gasteiger partial charge >= 0.3 is 0 Å². The van der Waals surface area contributed by atoms with E-state index in [0.717, 1.165) is 11.1 Å². The predicted octanol–water partition coefficient (Wildman–Crippen LogP) is 2.31. The lowest BCUT2D eigenvalue weighted by Crippen LogP contribution is -2.17. The van der Waals surface area contributed by atoms with E-state index in [0.29, 0.717) is 18.0 Å². The van der Waals surface area contributed by atoms with Gasteiger partial charge in [-0.15, -0.1) is 0 Å². The molecule has 0 aromatic heterocycles. The number of rotatable bonds is 4. The van der Waals surface area contributed by atoms with Crippen LogP contribution in [-0.2, 0) is 6.54 Å². The molecule has 80 valence electrons. The van der Waals surface area contributed by atoms with Crippen molar-refractivity contribution >= 4 is 11.4 Å². The number of hydrogen-bond acceptors (Lipinski definition) is 3. The molecule has 15 heavy (non-hydrogen) atoms. The van der Waals surface area contributed by atoms with Gasteiger partial charge in [0.2, 0.25) is 0 Å². The lowest BCUT2D eigenvalue weighted by atomic mass is 9.90. The van der Waals surface area contributed by atoms with Gasteiger partial charge in [-0.25, -0.2) is 0 Å². The fraction of sp³-hybridized carbons (Fsp3) is 0.333. The van der Waals surface area contributed by atoms with Crippen LogP contribution >= 0.6 is 0 Å². The zero-order chi connectivity index (χ0) is 11.4. The van der Waals surface area contributed by atoms with Crippen LogP contribution in [0.2, 0.25) is 0 Å². The van der Waals surface area contributed by atoms with Crippen LogP contribution in [0.25, 0.3) is 0 Å². The molecule has 3 nitrogen and oxygen atoms in total. The summed E-state index contributed by atoms with van der Waals surface area (Å²) in [6.45, 7) is 4.06. The van der Waals surface area contributed by atoms with Crippen LogP contribution in [-0.4, -0.2) is 11.4 Å². The Balaban J connectivity index is 3.05. The van der Waals surface area contributed by atoms with Crippen LogP contribution < -0.4 is 5.73 Å². The molecule has 0 aliphatic carbocycles. The van der Waals surface area contributed by atoms with Crippen LogP contribution in [0.1, 0.15) is 30.9 Å². The summed E-state index contributed by atoms with van der Waals surface area (Å²) in [6, 6.07) is 7.83. The van der Waals surface area contributed by atoms with E-state index in [1.807, 2.05) is 31.2 Å². The zero-order valence-corrected chi connectivity index (χ0v) is 9.17. The van der Waals surface area contributed by atoms with Crippen LogP contribution in [0.5, 0.6) is 0 Å². The molecule has 0 radical (unpaired) electrons. The average molecular weight is 203 g/mol. The van der Waals surface area contributed by atoms with E-state index < -0.39 is 0 Å². The zero-order valence-electron chi connectivity index (χ0n) is 9.17. The molecule has 0 fully saturated rings. The molecular weight excluding hydrogens is 186 g/mol. The summed E-state index contributed by atoms with van der Waals surface area (Å²) in [6.07, 6.45) is 0. The summed E-state index contributed by atoms with van der Waals surface area (Å²) in [4.78, 5) is 0. The van der Waals surface area contributed by atoms with Gasteiger partial charge in [-0.2, -0.15) is 0 Å². The first-order valence-corrected chi connectivity index (χ1v) is 4.99. The number of nitrogens with two attached hydrogens (primary N) is 1. The third kappa shape index (κ3) is 2.50. The third-order valence-corrected chi connectivity index (χ3v) is 2.58. The topological polar surface area (TPSA) is 73.7 Å². The molecule has 1 aromatic carbocycles. The van der Waals surface area contributed by atoms with Crippen molar-refractivity contribution in [3.8, 4) is 0 Å². The van der Waals surface area contributed by atoms with Crippen molar-refractivity contribution < 1.29 is 0 Å². The second-order valence-corrected chi connectivity index (χ2v) is 3.66. The smallest absolute Gasteiger partial charge is 0.0590 e. The minimum absolute atomic E-state index is 0.0535. The van der Waals surface area contributed by atoms with Gasteiger partial charge in [0, 0.05) is 18.2 Å². The van der Waals surface area contributed by atoms with Crippen molar-refractivity contribution in [2.24, 2.45) is 5.73 Å². The molecule has 3 heteroatoms. The van der Waals surface area contributed by atoms with E-state index >= 15 is 0 Å². The Bertz CT molecular complexity index is 382. The maximum absolute atomic E-state index is 7.79. The number of benzene rings is 1. The molecule has 0 spiro atoms. The quantitative estimate of drug-likeness (QED) is 0.645. The van der Waals surface area contributed by atoms with Crippen molar-refractivity contribution in [1.29, 1.82) is 10.8 Å². The molecule has 1 aromatic rings. The summed E-state index contributed by atoms with van der Waals surface area (Å²) < 4.78 is 0. The van der Waals surface area contributed by atoms with Crippen molar-refractivity contribution in [2.45, 2.75) is 26.3 Å². The van der Waals surface area contributed by atoms with Crippen molar-refractivity contribution in [1.82, 2.24) is 0 Å². The molecule has 0 amide bonds. The summed E-state index contributed by atoms with van der Waals surface area (Å²) in [5.41, 5.74) is 8.42. The Labute approximate surface area is 90.3 Å². The molecular formula is C12H17N3. The first-order valence-electron chi connectivity index (χ1n) is 4.99. The van der Waals surface area contributed by atoms with Gasteiger partial charge in [-0.05, 0) is 18.1 Å². The standard InChI is InChI=1S/C12H17N3/c1-8(12(15)9(2)14)11-6-4-3-5-10(11)7-13/h3-6,8,14-15H,7,13H2,1-2H3. The highest BCUT2D eigenvalue weighted by Gasteiger charge is 2.15. The van der Waals surface area contributed by atoms with Crippen LogP contribution in [0.4, 0.5) is 0 Å².